The van der Waals surface area contributed by atoms with Crippen LogP contribution in [0.4, 0.5) is 21.9 Å². The summed E-state index contributed by atoms with van der Waals surface area (Å²) in [6.45, 7) is 5.47. The largest absolute Gasteiger partial charge is 0.369 e. The van der Waals surface area contributed by atoms with Gasteiger partial charge < -0.3 is 14.7 Å². The monoisotopic (exact) mass is 502 g/mol. The number of urea groups is 1. The predicted molar refractivity (Wildman–Crippen MR) is 139 cm³/mol. The van der Waals surface area contributed by atoms with E-state index in [1.165, 1.54) is 10.6 Å². The fourth-order valence-electron chi connectivity index (χ4n) is 5.65. The first kappa shape index (κ1) is 23.5. The van der Waals surface area contributed by atoms with Gasteiger partial charge in [0.05, 0.1) is 0 Å². The van der Waals surface area contributed by atoms with Gasteiger partial charge >= 0.3 is 6.03 Å². The zero-order chi connectivity index (χ0) is 25.7. The second-order valence-corrected chi connectivity index (χ2v) is 10.1. The number of likely N-dealkylation sites (N-methyl/N-ethyl adjacent to an activating group) is 1. The first-order valence-corrected chi connectivity index (χ1v) is 12.8. The Hall–Kier alpha value is -3.92. The van der Waals surface area contributed by atoms with Crippen molar-refractivity contribution in [1.29, 1.82) is 0 Å². The van der Waals surface area contributed by atoms with E-state index in [1.807, 2.05) is 18.2 Å². The number of imide groups is 1. The average Bonchev–Trinajstić information content (AvgIpc) is 3.44. The number of amides is 5. The molecule has 10 nitrogen and oxygen atoms in total. The fourth-order valence-corrected chi connectivity index (χ4v) is 5.65. The molecule has 2 aromatic carbocycles. The molecular formula is C27H30N6O4. The normalized spacial score (nSPS) is 22.7. The number of piperidine rings is 1. The highest BCUT2D eigenvalue weighted by Crippen LogP contribution is 2.33. The number of nitrogens with zero attached hydrogens (tertiary/aromatic N) is 5. The van der Waals surface area contributed by atoms with Gasteiger partial charge in [0.25, 0.3) is 5.91 Å². The molecule has 0 aliphatic carbocycles. The van der Waals surface area contributed by atoms with E-state index in [9.17, 15) is 19.2 Å². The predicted octanol–water partition coefficient (Wildman–Crippen LogP) is 1.65. The summed E-state index contributed by atoms with van der Waals surface area (Å²) in [5, 5.41) is 2.32. The van der Waals surface area contributed by atoms with Crippen molar-refractivity contribution in [3.63, 3.8) is 0 Å². The second-order valence-electron chi connectivity index (χ2n) is 10.1. The maximum Gasteiger partial charge on any atom is 0.329 e. The zero-order valence-electron chi connectivity index (χ0n) is 20.9. The average molecular weight is 503 g/mol. The van der Waals surface area contributed by atoms with Crippen LogP contribution in [0.25, 0.3) is 0 Å². The van der Waals surface area contributed by atoms with Crippen LogP contribution in [0.15, 0.2) is 42.5 Å². The Morgan fingerprint density at radius 1 is 0.784 bits per heavy atom. The molecule has 4 aliphatic heterocycles. The van der Waals surface area contributed by atoms with E-state index < -0.39 is 11.9 Å². The van der Waals surface area contributed by atoms with Crippen LogP contribution in [0, 0.1) is 0 Å². The highest BCUT2D eigenvalue weighted by atomic mass is 16.2. The fraction of sp³-hybridized carbons (Fsp3) is 0.407. The smallest absolute Gasteiger partial charge is 0.329 e. The quantitative estimate of drug-likeness (QED) is 0.639. The van der Waals surface area contributed by atoms with Gasteiger partial charge in [-0.1, -0.05) is 0 Å². The van der Waals surface area contributed by atoms with Crippen molar-refractivity contribution in [3.8, 4) is 0 Å². The van der Waals surface area contributed by atoms with Gasteiger partial charge in [-0.05, 0) is 61.5 Å². The van der Waals surface area contributed by atoms with E-state index in [4.69, 9.17) is 0 Å². The van der Waals surface area contributed by atoms with Crippen molar-refractivity contribution in [2.24, 2.45) is 0 Å². The third-order valence-corrected chi connectivity index (χ3v) is 7.86. The summed E-state index contributed by atoms with van der Waals surface area (Å²) in [6, 6.07) is 12.8. The van der Waals surface area contributed by atoms with Crippen LogP contribution < -0.4 is 20.0 Å². The molecule has 1 N–H and O–H groups in total. The first-order valence-electron chi connectivity index (χ1n) is 12.8. The standard InChI is InChI=1S/C27H30N6O4/c1-29-10-12-30(13-11-29)19-2-4-20(5-3-19)31-14-15-32(27(31)37)21-6-7-22-18(16-21)17-33(26(22)36)23-8-9-24(34)28-25(23)35/h2-7,16,23H,8-15,17H2,1H3,(H,28,34,35). The van der Waals surface area contributed by atoms with E-state index in [2.05, 4.69) is 34.3 Å². The van der Waals surface area contributed by atoms with Crippen LogP contribution >= 0.6 is 0 Å². The lowest BCUT2D eigenvalue weighted by molar-refractivity contribution is -0.136. The SMILES string of the molecule is CN1CCN(c2ccc(N3CCN(c4ccc5c(c4)CN(C4CCC(=O)NC4=O)C5=O)C3=O)cc2)CC1. The lowest BCUT2D eigenvalue weighted by Gasteiger charge is -2.34. The van der Waals surface area contributed by atoms with E-state index in [0.717, 1.165) is 43.1 Å². The Labute approximate surface area is 215 Å². The van der Waals surface area contributed by atoms with Crippen LogP contribution in [-0.2, 0) is 16.1 Å². The van der Waals surface area contributed by atoms with E-state index in [-0.39, 0.29) is 30.8 Å². The molecule has 1 unspecified atom stereocenters. The summed E-state index contributed by atoms with van der Waals surface area (Å²) in [5.41, 5.74) is 4.10. The van der Waals surface area contributed by atoms with E-state index in [0.29, 0.717) is 25.1 Å². The summed E-state index contributed by atoms with van der Waals surface area (Å²) < 4.78 is 0. The molecule has 2 aromatic rings. The lowest BCUT2D eigenvalue weighted by Crippen LogP contribution is -2.52. The van der Waals surface area contributed by atoms with Crippen molar-refractivity contribution in [2.75, 3.05) is 61.0 Å². The number of rotatable bonds is 4. The molecule has 5 amide bonds. The number of fused-ring (bicyclic) bond motifs is 1. The highest BCUT2D eigenvalue weighted by Gasteiger charge is 2.40. The summed E-state index contributed by atoms with van der Waals surface area (Å²) in [7, 11) is 2.14. The Kier molecular flexibility index (Phi) is 5.83. The minimum atomic E-state index is -0.654. The van der Waals surface area contributed by atoms with Gasteiger partial charge in [-0.3, -0.25) is 29.5 Å². The molecule has 0 saturated carbocycles. The van der Waals surface area contributed by atoms with Gasteiger partial charge in [-0.15, -0.1) is 0 Å². The molecule has 4 heterocycles. The summed E-state index contributed by atoms with van der Waals surface area (Å²) >= 11 is 0. The summed E-state index contributed by atoms with van der Waals surface area (Å²) in [6.07, 6.45) is 0.542. The molecule has 6 rings (SSSR count). The van der Waals surface area contributed by atoms with E-state index >= 15 is 0 Å². The van der Waals surface area contributed by atoms with Crippen LogP contribution in [0.1, 0.15) is 28.8 Å². The van der Waals surface area contributed by atoms with Crippen LogP contribution in [0.2, 0.25) is 0 Å². The number of benzene rings is 2. The van der Waals surface area contributed by atoms with Gasteiger partial charge in [0.2, 0.25) is 11.8 Å². The molecular weight excluding hydrogens is 472 g/mol. The number of carbonyl (C=O) groups excluding carboxylic acids is 4. The van der Waals surface area contributed by atoms with Crippen molar-refractivity contribution >= 4 is 40.8 Å². The Bertz CT molecular complexity index is 1270. The second kappa shape index (κ2) is 9.19. The number of hydrogen-bond donors (Lipinski definition) is 1. The van der Waals surface area contributed by atoms with Gasteiger partial charge in [-0.25, -0.2) is 4.79 Å². The molecule has 1 atom stereocenters. The number of hydrogen-bond acceptors (Lipinski definition) is 6. The lowest BCUT2D eigenvalue weighted by atomic mass is 10.0. The minimum absolute atomic E-state index is 0.0985. The minimum Gasteiger partial charge on any atom is -0.369 e. The molecule has 3 fully saturated rings. The molecule has 4 aliphatic rings. The third kappa shape index (κ3) is 4.21. The molecule has 3 saturated heterocycles. The van der Waals surface area contributed by atoms with E-state index in [1.54, 1.807) is 21.9 Å². The summed E-state index contributed by atoms with van der Waals surface area (Å²) in [5.74, 6) is -0.953. The third-order valence-electron chi connectivity index (χ3n) is 7.86. The van der Waals surface area contributed by atoms with Crippen LogP contribution in [0.5, 0.6) is 0 Å². The summed E-state index contributed by atoms with van der Waals surface area (Å²) in [4.78, 5) is 59.9. The van der Waals surface area contributed by atoms with Crippen molar-refractivity contribution < 1.29 is 19.2 Å². The Morgan fingerprint density at radius 2 is 1.43 bits per heavy atom. The van der Waals surface area contributed by atoms with Crippen molar-refractivity contribution in [3.05, 3.63) is 53.6 Å². The highest BCUT2D eigenvalue weighted by molar-refractivity contribution is 6.08. The zero-order valence-corrected chi connectivity index (χ0v) is 20.9. The van der Waals surface area contributed by atoms with Crippen molar-refractivity contribution in [1.82, 2.24) is 15.1 Å². The maximum absolute atomic E-state index is 13.4. The first-order chi connectivity index (χ1) is 17.9. The van der Waals surface area contributed by atoms with Gasteiger partial charge in [0.15, 0.2) is 0 Å². The number of piperazine rings is 1. The molecule has 0 bridgehead atoms. The molecule has 37 heavy (non-hydrogen) atoms. The number of anilines is 3. The topological polar surface area (TPSA) is 96.5 Å². The molecule has 10 heteroatoms. The van der Waals surface area contributed by atoms with Gasteiger partial charge in [0.1, 0.15) is 6.04 Å². The maximum atomic E-state index is 13.4. The Morgan fingerprint density at radius 3 is 2.14 bits per heavy atom. The molecule has 0 spiro atoms. The van der Waals surface area contributed by atoms with Crippen LogP contribution in [0.3, 0.4) is 0 Å². The van der Waals surface area contributed by atoms with Crippen molar-refractivity contribution in [2.45, 2.75) is 25.4 Å². The molecule has 192 valence electrons. The molecule has 0 aromatic heterocycles. The number of carbonyl (C=O) groups is 4. The van der Waals surface area contributed by atoms with Gasteiger partial charge in [-0.2, -0.15) is 0 Å². The van der Waals surface area contributed by atoms with Crippen LogP contribution in [-0.4, -0.2) is 85.9 Å². The Balaban J connectivity index is 1.15. The number of nitrogens with one attached hydrogen (secondary N) is 1. The van der Waals surface area contributed by atoms with Gasteiger partial charge in [0, 0.05) is 74.9 Å². The molecule has 0 radical (unpaired) electrons.